The van der Waals surface area contributed by atoms with Gasteiger partial charge in [-0.3, -0.25) is 0 Å². The summed E-state index contributed by atoms with van der Waals surface area (Å²) in [5.41, 5.74) is 5.33. The zero-order valence-electron chi connectivity index (χ0n) is 6.50. The predicted molar refractivity (Wildman–Crippen MR) is 46.8 cm³/mol. The molecule has 0 radical (unpaired) electrons. The topological polar surface area (TPSA) is 63.8 Å². The first-order valence-electron chi connectivity index (χ1n) is 3.57. The monoisotopic (exact) mass is 172 g/mol. The van der Waals surface area contributed by atoms with Gasteiger partial charge < -0.3 is 11.1 Å². The van der Waals surface area contributed by atoms with Crippen LogP contribution in [-0.4, -0.2) is 23.3 Å². The summed E-state index contributed by atoms with van der Waals surface area (Å²) in [5.74, 6) is 0. The Bertz CT molecular complexity index is 210. The molecule has 0 aromatic carbocycles. The van der Waals surface area contributed by atoms with Crippen molar-refractivity contribution in [1.29, 1.82) is 0 Å². The number of nitrogens with two attached hydrogens (primary N) is 1. The second-order valence-electron chi connectivity index (χ2n) is 2.20. The number of hydrogen-bond donors (Lipinski definition) is 2. The first kappa shape index (κ1) is 8.42. The summed E-state index contributed by atoms with van der Waals surface area (Å²) in [4.78, 5) is 0. The van der Waals surface area contributed by atoms with Crippen LogP contribution in [0.2, 0.25) is 0 Å². The lowest BCUT2D eigenvalue weighted by molar-refractivity contribution is 0.869. The van der Waals surface area contributed by atoms with Crippen molar-refractivity contribution < 1.29 is 0 Å². The zero-order chi connectivity index (χ0) is 8.10. The average molecular weight is 172 g/mol. The number of nitrogens with one attached hydrogen (secondary N) is 1. The third kappa shape index (κ3) is 2.81. The number of nitrogens with zero attached hydrogens (tertiary/aromatic N) is 2. The lowest BCUT2D eigenvalue weighted by atomic mass is 10.4. The lowest BCUT2D eigenvalue weighted by Gasteiger charge is -1.97. The van der Waals surface area contributed by atoms with Crippen molar-refractivity contribution in [3.05, 3.63) is 5.01 Å². The van der Waals surface area contributed by atoms with Crippen molar-refractivity contribution in [2.45, 2.75) is 13.3 Å². The predicted octanol–water partition coefficient (Wildman–Crippen LogP) is 0.607. The molecular weight excluding hydrogens is 160 g/mol. The van der Waals surface area contributed by atoms with Gasteiger partial charge >= 0.3 is 0 Å². The van der Waals surface area contributed by atoms with E-state index in [4.69, 9.17) is 5.73 Å². The van der Waals surface area contributed by atoms with E-state index in [1.807, 2.05) is 6.92 Å². The SMILES string of the molecule is Cc1nnc(NCCCN)s1. The van der Waals surface area contributed by atoms with E-state index in [-0.39, 0.29) is 0 Å². The highest BCUT2D eigenvalue weighted by Crippen LogP contribution is 2.12. The Hall–Kier alpha value is -0.680. The quantitative estimate of drug-likeness (QED) is 0.653. The summed E-state index contributed by atoms with van der Waals surface area (Å²) >= 11 is 1.56. The van der Waals surface area contributed by atoms with Crippen molar-refractivity contribution in [2.24, 2.45) is 5.73 Å². The maximum absolute atomic E-state index is 5.33. The maximum Gasteiger partial charge on any atom is 0.205 e. The van der Waals surface area contributed by atoms with Gasteiger partial charge in [0.25, 0.3) is 0 Å². The highest BCUT2D eigenvalue weighted by molar-refractivity contribution is 7.15. The van der Waals surface area contributed by atoms with Gasteiger partial charge in [-0.15, -0.1) is 10.2 Å². The van der Waals surface area contributed by atoms with Gasteiger partial charge in [-0.1, -0.05) is 11.3 Å². The molecule has 0 aliphatic heterocycles. The molecule has 11 heavy (non-hydrogen) atoms. The highest BCUT2D eigenvalue weighted by atomic mass is 32.1. The van der Waals surface area contributed by atoms with Crippen LogP contribution in [-0.2, 0) is 0 Å². The van der Waals surface area contributed by atoms with Gasteiger partial charge in [-0.25, -0.2) is 0 Å². The van der Waals surface area contributed by atoms with Gasteiger partial charge in [0.15, 0.2) is 0 Å². The number of anilines is 1. The Morgan fingerprint density at radius 1 is 1.55 bits per heavy atom. The smallest absolute Gasteiger partial charge is 0.205 e. The fourth-order valence-electron chi connectivity index (χ4n) is 0.665. The molecule has 0 unspecified atom stereocenters. The summed E-state index contributed by atoms with van der Waals surface area (Å²) in [6.07, 6.45) is 0.971. The van der Waals surface area contributed by atoms with E-state index in [0.29, 0.717) is 6.54 Å². The van der Waals surface area contributed by atoms with Crippen LogP contribution in [0.4, 0.5) is 5.13 Å². The summed E-state index contributed by atoms with van der Waals surface area (Å²) in [5, 5.41) is 12.8. The van der Waals surface area contributed by atoms with E-state index in [1.54, 1.807) is 11.3 Å². The largest absolute Gasteiger partial charge is 0.360 e. The minimum Gasteiger partial charge on any atom is -0.360 e. The third-order valence-corrected chi connectivity index (χ3v) is 1.98. The molecule has 4 nitrogen and oxygen atoms in total. The van der Waals surface area contributed by atoms with Gasteiger partial charge in [-0.2, -0.15) is 0 Å². The Morgan fingerprint density at radius 2 is 2.36 bits per heavy atom. The Kier molecular flexibility index (Phi) is 3.25. The first-order valence-corrected chi connectivity index (χ1v) is 4.38. The third-order valence-electron chi connectivity index (χ3n) is 1.18. The van der Waals surface area contributed by atoms with Gasteiger partial charge in [0, 0.05) is 6.54 Å². The fraction of sp³-hybridized carbons (Fsp3) is 0.667. The van der Waals surface area contributed by atoms with Crippen LogP contribution in [0.15, 0.2) is 0 Å². The molecule has 3 N–H and O–H groups in total. The average Bonchev–Trinajstić information content (AvgIpc) is 2.37. The summed E-state index contributed by atoms with van der Waals surface area (Å²) in [6, 6.07) is 0. The van der Waals surface area contributed by atoms with E-state index < -0.39 is 0 Å². The number of hydrogen-bond acceptors (Lipinski definition) is 5. The lowest BCUT2D eigenvalue weighted by Crippen LogP contribution is -2.08. The molecule has 0 amide bonds. The summed E-state index contributed by atoms with van der Waals surface area (Å²) in [6.45, 7) is 3.53. The molecule has 0 saturated carbocycles. The second-order valence-corrected chi connectivity index (χ2v) is 3.38. The van der Waals surface area contributed by atoms with Crippen molar-refractivity contribution >= 4 is 16.5 Å². The van der Waals surface area contributed by atoms with Crippen molar-refractivity contribution in [2.75, 3.05) is 18.4 Å². The van der Waals surface area contributed by atoms with E-state index in [1.165, 1.54) is 0 Å². The van der Waals surface area contributed by atoms with Crippen LogP contribution in [0.25, 0.3) is 0 Å². The summed E-state index contributed by atoms with van der Waals surface area (Å²) < 4.78 is 0. The fourth-order valence-corrected chi connectivity index (χ4v) is 1.28. The molecule has 1 heterocycles. The minimum atomic E-state index is 0.713. The van der Waals surface area contributed by atoms with E-state index in [0.717, 1.165) is 23.1 Å². The molecule has 0 bridgehead atoms. The Morgan fingerprint density at radius 3 is 2.91 bits per heavy atom. The van der Waals surface area contributed by atoms with E-state index in [2.05, 4.69) is 15.5 Å². The van der Waals surface area contributed by atoms with Gasteiger partial charge in [0.1, 0.15) is 5.01 Å². The molecule has 0 saturated heterocycles. The molecule has 1 rings (SSSR count). The maximum atomic E-state index is 5.33. The van der Waals surface area contributed by atoms with Crippen molar-refractivity contribution in [3.8, 4) is 0 Å². The summed E-state index contributed by atoms with van der Waals surface area (Å²) in [7, 11) is 0. The molecule has 0 fully saturated rings. The molecule has 5 heteroatoms. The zero-order valence-corrected chi connectivity index (χ0v) is 7.32. The van der Waals surface area contributed by atoms with Crippen molar-refractivity contribution in [3.63, 3.8) is 0 Å². The van der Waals surface area contributed by atoms with E-state index >= 15 is 0 Å². The number of rotatable bonds is 4. The first-order chi connectivity index (χ1) is 5.33. The van der Waals surface area contributed by atoms with Gasteiger partial charge in [0.2, 0.25) is 5.13 Å². The van der Waals surface area contributed by atoms with Crippen LogP contribution in [0.1, 0.15) is 11.4 Å². The number of aryl methyl sites for hydroxylation is 1. The van der Waals surface area contributed by atoms with Crippen LogP contribution >= 0.6 is 11.3 Å². The molecular formula is C6H12N4S. The highest BCUT2D eigenvalue weighted by Gasteiger charge is 1.96. The van der Waals surface area contributed by atoms with Crippen LogP contribution in [0.3, 0.4) is 0 Å². The molecule has 0 aliphatic rings. The molecule has 62 valence electrons. The van der Waals surface area contributed by atoms with Crippen LogP contribution in [0.5, 0.6) is 0 Å². The minimum absolute atomic E-state index is 0.713. The number of aromatic nitrogens is 2. The standard InChI is InChI=1S/C6H12N4S/c1-5-9-10-6(11-5)8-4-2-3-7/h2-4,7H2,1H3,(H,8,10). The molecule has 1 aromatic rings. The van der Waals surface area contributed by atoms with Gasteiger partial charge in [0.05, 0.1) is 0 Å². The Labute approximate surface area is 69.8 Å². The van der Waals surface area contributed by atoms with Crippen LogP contribution in [0, 0.1) is 6.92 Å². The Balaban J connectivity index is 2.27. The molecule has 0 atom stereocenters. The van der Waals surface area contributed by atoms with Crippen molar-refractivity contribution in [1.82, 2.24) is 10.2 Å². The molecule has 0 aliphatic carbocycles. The second kappa shape index (κ2) is 4.25. The van der Waals surface area contributed by atoms with Gasteiger partial charge in [-0.05, 0) is 19.9 Å². The molecule has 1 aromatic heterocycles. The molecule has 0 spiro atoms. The van der Waals surface area contributed by atoms with Crippen LogP contribution < -0.4 is 11.1 Å². The normalized spacial score (nSPS) is 10.0. The van der Waals surface area contributed by atoms with E-state index in [9.17, 15) is 0 Å².